The van der Waals surface area contributed by atoms with E-state index in [0.29, 0.717) is 6.54 Å². The lowest BCUT2D eigenvalue weighted by Gasteiger charge is -2.21. The Labute approximate surface area is 128 Å². The van der Waals surface area contributed by atoms with Gasteiger partial charge in [-0.1, -0.05) is 28.1 Å². The summed E-state index contributed by atoms with van der Waals surface area (Å²) in [6.45, 7) is 4.20. The Bertz CT molecular complexity index is 436. The minimum absolute atomic E-state index is 0.108. The Morgan fingerprint density at radius 2 is 1.90 bits per heavy atom. The molecule has 0 unspecified atom stereocenters. The van der Waals surface area contributed by atoms with E-state index in [1.165, 1.54) is 5.56 Å². The zero-order valence-electron chi connectivity index (χ0n) is 11.6. The quantitative estimate of drug-likeness (QED) is 0.849. The van der Waals surface area contributed by atoms with Gasteiger partial charge in [0.05, 0.1) is 6.61 Å². The zero-order valence-corrected chi connectivity index (χ0v) is 13.2. The highest BCUT2D eigenvalue weighted by atomic mass is 79.9. The van der Waals surface area contributed by atoms with Gasteiger partial charge in [0.1, 0.15) is 0 Å². The lowest BCUT2D eigenvalue weighted by atomic mass is 10.1. The second kappa shape index (κ2) is 7.76. The number of nitrogens with zero attached hydrogens (tertiary/aromatic N) is 2. The predicted molar refractivity (Wildman–Crippen MR) is 83.1 cm³/mol. The summed E-state index contributed by atoms with van der Waals surface area (Å²) in [4.78, 5) is 16.6. The van der Waals surface area contributed by atoms with Gasteiger partial charge in [-0.15, -0.1) is 0 Å². The van der Waals surface area contributed by atoms with Crippen molar-refractivity contribution >= 4 is 21.8 Å². The van der Waals surface area contributed by atoms with Gasteiger partial charge in [-0.05, 0) is 30.7 Å². The normalized spacial score (nSPS) is 17.0. The minimum atomic E-state index is 0.108. The third-order valence-corrected chi connectivity index (χ3v) is 4.29. The monoisotopic (exact) mass is 340 g/mol. The van der Waals surface area contributed by atoms with Crippen LogP contribution in [0.15, 0.2) is 24.3 Å². The van der Waals surface area contributed by atoms with Crippen LogP contribution in [0.1, 0.15) is 22.3 Å². The van der Waals surface area contributed by atoms with Crippen LogP contribution in [0, 0.1) is 0 Å². The smallest absolute Gasteiger partial charge is 0.253 e. The molecule has 0 spiro atoms. The fraction of sp³-hybridized carbons (Fsp3) is 0.533. The average Bonchev–Trinajstić information content (AvgIpc) is 2.73. The molecule has 1 fully saturated rings. The molecule has 1 aromatic carbocycles. The molecule has 1 amide bonds. The molecular formula is C15H21BrN2O2. The minimum Gasteiger partial charge on any atom is -0.395 e. The second-order valence-electron chi connectivity index (χ2n) is 5.04. The van der Waals surface area contributed by atoms with Crippen molar-refractivity contribution in [1.82, 2.24) is 9.80 Å². The summed E-state index contributed by atoms with van der Waals surface area (Å²) < 4.78 is 0. The van der Waals surface area contributed by atoms with Crippen molar-refractivity contribution < 1.29 is 9.90 Å². The number of hydrogen-bond acceptors (Lipinski definition) is 3. The first-order valence-electron chi connectivity index (χ1n) is 7.02. The third kappa shape index (κ3) is 4.04. The summed E-state index contributed by atoms with van der Waals surface area (Å²) in [5, 5.41) is 9.79. The molecule has 0 aromatic heterocycles. The van der Waals surface area contributed by atoms with E-state index in [-0.39, 0.29) is 12.5 Å². The molecule has 1 aliphatic rings. The Kier molecular flexibility index (Phi) is 6.01. The van der Waals surface area contributed by atoms with Crippen molar-refractivity contribution in [1.29, 1.82) is 0 Å². The van der Waals surface area contributed by atoms with Crippen LogP contribution < -0.4 is 0 Å². The van der Waals surface area contributed by atoms with Crippen molar-refractivity contribution in [3.05, 3.63) is 35.4 Å². The average molecular weight is 341 g/mol. The van der Waals surface area contributed by atoms with Gasteiger partial charge in [-0.3, -0.25) is 9.69 Å². The number of amides is 1. The number of rotatable bonds is 4. The molecule has 5 heteroatoms. The van der Waals surface area contributed by atoms with Crippen molar-refractivity contribution in [3.8, 4) is 0 Å². The number of carbonyl (C=O) groups is 1. The predicted octanol–water partition coefficient (Wildman–Crippen LogP) is 1.72. The van der Waals surface area contributed by atoms with Crippen LogP contribution in [-0.4, -0.2) is 60.1 Å². The molecule has 0 atom stereocenters. The third-order valence-electron chi connectivity index (χ3n) is 3.65. The largest absolute Gasteiger partial charge is 0.395 e. The van der Waals surface area contributed by atoms with Crippen LogP contribution in [0.4, 0.5) is 0 Å². The summed E-state index contributed by atoms with van der Waals surface area (Å²) in [6.07, 6.45) is 0.964. The number of β-amino-alcohol motifs (C(OH)–C–C–N with tert-alkyl or cyclic N) is 1. The molecule has 20 heavy (non-hydrogen) atoms. The molecular weight excluding hydrogens is 320 g/mol. The lowest BCUT2D eigenvalue weighted by Crippen LogP contribution is -2.35. The van der Waals surface area contributed by atoms with E-state index in [0.717, 1.165) is 43.5 Å². The Balaban J connectivity index is 1.97. The zero-order chi connectivity index (χ0) is 14.4. The van der Waals surface area contributed by atoms with Gasteiger partial charge in [0.25, 0.3) is 5.91 Å². The van der Waals surface area contributed by atoms with Gasteiger partial charge in [-0.25, -0.2) is 0 Å². The lowest BCUT2D eigenvalue weighted by molar-refractivity contribution is 0.0760. The van der Waals surface area contributed by atoms with E-state index in [9.17, 15) is 4.79 Å². The highest BCUT2D eigenvalue weighted by Gasteiger charge is 2.19. The van der Waals surface area contributed by atoms with Crippen molar-refractivity contribution in [3.63, 3.8) is 0 Å². The van der Waals surface area contributed by atoms with Crippen molar-refractivity contribution in [2.45, 2.75) is 11.8 Å². The Morgan fingerprint density at radius 3 is 2.55 bits per heavy atom. The molecule has 0 bridgehead atoms. The maximum Gasteiger partial charge on any atom is 0.253 e. The second-order valence-corrected chi connectivity index (χ2v) is 5.60. The molecule has 0 saturated carbocycles. The van der Waals surface area contributed by atoms with Gasteiger partial charge in [0, 0.05) is 37.1 Å². The molecule has 1 aliphatic heterocycles. The number of alkyl halides is 1. The van der Waals surface area contributed by atoms with Crippen LogP contribution in [0.3, 0.4) is 0 Å². The highest BCUT2D eigenvalue weighted by Crippen LogP contribution is 2.12. The van der Waals surface area contributed by atoms with Crippen LogP contribution in [0.5, 0.6) is 0 Å². The van der Waals surface area contributed by atoms with Crippen LogP contribution in [0.2, 0.25) is 0 Å². The number of hydrogen-bond donors (Lipinski definition) is 1. The van der Waals surface area contributed by atoms with Crippen molar-refractivity contribution in [2.75, 3.05) is 39.3 Å². The molecule has 0 radical (unpaired) electrons. The summed E-state index contributed by atoms with van der Waals surface area (Å²) in [5.74, 6) is 0.108. The molecule has 1 aromatic rings. The molecule has 1 N–H and O–H groups in total. The van der Waals surface area contributed by atoms with E-state index < -0.39 is 0 Å². The van der Waals surface area contributed by atoms with Crippen LogP contribution in [0.25, 0.3) is 0 Å². The standard InChI is InChI=1S/C15H21BrN2O2/c16-12-13-2-4-14(5-3-13)15(20)18-7-1-6-17(8-9-18)10-11-19/h2-5,19H,1,6-12H2. The molecule has 4 nitrogen and oxygen atoms in total. The number of carbonyl (C=O) groups excluding carboxylic acids is 1. The van der Waals surface area contributed by atoms with E-state index in [4.69, 9.17) is 5.11 Å². The number of aliphatic hydroxyl groups excluding tert-OH is 1. The molecule has 2 rings (SSSR count). The summed E-state index contributed by atoms with van der Waals surface area (Å²) in [5.41, 5.74) is 1.93. The highest BCUT2D eigenvalue weighted by molar-refractivity contribution is 9.08. The Morgan fingerprint density at radius 1 is 1.15 bits per heavy atom. The van der Waals surface area contributed by atoms with Crippen LogP contribution >= 0.6 is 15.9 Å². The number of aliphatic hydroxyl groups is 1. The Hall–Kier alpha value is -0.910. The van der Waals surface area contributed by atoms with E-state index in [2.05, 4.69) is 20.8 Å². The fourth-order valence-electron chi connectivity index (χ4n) is 2.46. The molecule has 110 valence electrons. The van der Waals surface area contributed by atoms with Gasteiger partial charge in [0.15, 0.2) is 0 Å². The van der Waals surface area contributed by atoms with Crippen LogP contribution in [-0.2, 0) is 5.33 Å². The van der Waals surface area contributed by atoms with E-state index in [1.807, 2.05) is 29.2 Å². The first-order valence-corrected chi connectivity index (χ1v) is 8.14. The maximum atomic E-state index is 12.5. The van der Waals surface area contributed by atoms with Gasteiger partial charge in [-0.2, -0.15) is 0 Å². The van der Waals surface area contributed by atoms with Crippen molar-refractivity contribution in [2.24, 2.45) is 0 Å². The number of halogens is 1. The topological polar surface area (TPSA) is 43.8 Å². The molecule has 1 saturated heterocycles. The summed E-state index contributed by atoms with van der Waals surface area (Å²) >= 11 is 3.41. The first-order chi connectivity index (χ1) is 9.74. The maximum absolute atomic E-state index is 12.5. The molecule has 0 aliphatic carbocycles. The first kappa shape index (κ1) is 15.5. The summed E-state index contributed by atoms with van der Waals surface area (Å²) in [6, 6.07) is 7.76. The van der Waals surface area contributed by atoms with Gasteiger partial charge >= 0.3 is 0 Å². The van der Waals surface area contributed by atoms with Gasteiger partial charge in [0.2, 0.25) is 0 Å². The molecule has 1 heterocycles. The van der Waals surface area contributed by atoms with E-state index >= 15 is 0 Å². The fourth-order valence-corrected chi connectivity index (χ4v) is 2.83. The summed E-state index contributed by atoms with van der Waals surface area (Å²) in [7, 11) is 0. The number of benzene rings is 1. The van der Waals surface area contributed by atoms with E-state index in [1.54, 1.807) is 0 Å². The SMILES string of the molecule is O=C(c1ccc(CBr)cc1)N1CCCN(CCO)CC1. The van der Waals surface area contributed by atoms with Gasteiger partial charge < -0.3 is 10.0 Å².